The number of furan rings is 1. The Labute approximate surface area is 126 Å². The minimum Gasteiger partial charge on any atom is -0.444 e. The molecule has 0 aliphatic carbocycles. The van der Waals surface area contributed by atoms with Gasteiger partial charge < -0.3 is 14.6 Å². The van der Waals surface area contributed by atoms with Crippen molar-refractivity contribution in [1.29, 1.82) is 0 Å². The van der Waals surface area contributed by atoms with Gasteiger partial charge in [0.1, 0.15) is 0 Å². The molecule has 0 bridgehead atoms. The monoisotopic (exact) mass is 336 g/mol. The average molecular weight is 337 g/mol. The van der Waals surface area contributed by atoms with E-state index in [1.54, 1.807) is 12.1 Å². The van der Waals surface area contributed by atoms with Crippen LogP contribution in [0.5, 0.6) is 0 Å². The average Bonchev–Trinajstić information content (AvgIpc) is 2.83. The molecule has 0 fully saturated rings. The van der Waals surface area contributed by atoms with Gasteiger partial charge in [0.15, 0.2) is 10.4 Å². The summed E-state index contributed by atoms with van der Waals surface area (Å²) in [5.74, 6) is 0.0947. The second kappa shape index (κ2) is 6.72. The van der Waals surface area contributed by atoms with E-state index in [9.17, 15) is 4.79 Å². The second-order valence-corrected chi connectivity index (χ2v) is 5.57. The molecule has 0 saturated heterocycles. The molecular weight excluding hydrogens is 320 g/mol. The van der Waals surface area contributed by atoms with Gasteiger partial charge in [-0.25, -0.2) is 0 Å². The number of hydrogen-bond acceptors (Lipinski definition) is 3. The highest BCUT2D eigenvalue weighted by molar-refractivity contribution is 9.10. The maximum absolute atomic E-state index is 11.9. The summed E-state index contributed by atoms with van der Waals surface area (Å²) in [6.07, 6.45) is 0. The molecule has 1 N–H and O–H groups in total. The summed E-state index contributed by atoms with van der Waals surface area (Å²) >= 11 is 3.18. The van der Waals surface area contributed by atoms with Crippen LogP contribution in [0.25, 0.3) is 0 Å². The van der Waals surface area contributed by atoms with Gasteiger partial charge in [-0.2, -0.15) is 0 Å². The first kappa shape index (κ1) is 14.8. The Balaban J connectivity index is 2.02. The van der Waals surface area contributed by atoms with Gasteiger partial charge in [-0.3, -0.25) is 4.79 Å². The molecule has 1 heterocycles. The maximum atomic E-state index is 11.9. The fourth-order valence-electron chi connectivity index (χ4n) is 1.92. The molecular formula is C15H17BrN2O2. The molecule has 2 aromatic rings. The summed E-state index contributed by atoms with van der Waals surface area (Å²) in [5.41, 5.74) is 2.32. The quantitative estimate of drug-likeness (QED) is 0.912. The van der Waals surface area contributed by atoms with Crippen molar-refractivity contribution in [3.8, 4) is 0 Å². The van der Waals surface area contributed by atoms with Crippen LogP contribution in [0.3, 0.4) is 0 Å². The van der Waals surface area contributed by atoms with Gasteiger partial charge in [-0.05, 0) is 53.3 Å². The number of nitrogens with zero attached hydrogens (tertiary/aromatic N) is 1. The van der Waals surface area contributed by atoms with E-state index in [0.29, 0.717) is 17.0 Å². The fraction of sp³-hybridized carbons (Fsp3) is 0.267. The Morgan fingerprint density at radius 1 is 1.20 bits per heavy atom. The van der Waals surface area contributed by atoms with Gasteiger partial charge in [-0.1, -0.05) is 24.3 Å². The largest absolute Gasteiger partial charge is 0.444 e. The van der Waals surface area contributed by atoms with Crippen molar-refractivity contribution in [2.24, 2.45) is 0 Å². The Kier molecular flexibility index (Phi) is 4.98. The van der Waals surface area contributed by atoms with Crippen molar-refractivity contribution < 1.29 is 9.21 Å². The highest BCUT2D eigenvalue weighted by Gasteiger charge is 2.11. The normalized spacial score (nSPS) is 10.8. The van der Waals surface area contributed by atoms with Crippen molar-refractivity contribution in [3.63, 3.8) is 0 Å². The van der Waals surface area contributed by atoms with Crippen LogP contribution in [-0.4, -0.2) is 24.9 Å². The highest BCUT2D eigenvalue weighted by atomic mass is 79.9. The predicted molar refractivity (Wildman–Crippen MR) is 81.4 cm³/mol. The highest BCUT2D eigenvalue weighted by Crippen LogP contribution is 2.14. The number of carbonyl (C=O) groups is 1. The number of nitrogens with one attached hydrogen (secondary N) is 1. The summed E-state index contributed by atoms with van der Waals surface area (Å²) in [7, 11) is 4.05. The van der Waals surface area contributed by atoms with Crippen molar-refractivity contribution in [2.75, 3.05) is 14.1 Å². The zero-order chi connectivity index (χ0) is 14.5. The zero-order valence-corrected chi connectivity index (χ0v) is 13.1. The first-order valence-electron chi connectivity index (χ1n) is 6.31. The predicted octanol–water partition coefficient (Wildman–Crippen LogP) is 3.03. The number of benzene rings is 1. The second-order valence-electron chi connectivity index (χ2n) is 4.79. The third-order valence-electron chi connectivity index (χ3n) is 2.84. The van der Waals surface area contributed by atoms with Gasteiger partial charge in [-0.15, -0.1) is 0 Å². The standard InChI is InChI=1S/C15H17BrN2O2/c1-18(2)10-12-6-4-3-5-11(12)9-17-15(19)13-7-8-14(16)20-13/h3-8H,9-10H2,1-2H3,(H,17,19). The van der Waals surface area contributed by atoms with E-state index in [2.05, 4.69) is 32.2 Å². The number of carbonyl (C=O) groups excluding carboxylic acids is 1. The maximum Gasteiger partial charge on any atom is 0.287 e. The van der Waals surface area contributed by atoms with E-state index in [1.165, 1.54) is 5.56 Å². The molecule has 5 heteroatoms. The molecule has 0 unspecified atom stereocenters. The first-order chi connectivity index (χ1) is 9.56. The lowest BCUT2D eigenvalue weighted by atomic mass is 10.1. The Hall–Kier alpha value is -1.59. The van der Waals surface area contributed by atoms with E-state index < -0.39 is 0 Å². The van der Waals surface area contributed by atoms with E-state index in [1.807, 2.05) is 32.3 Å². The van der Waals surface area contributed by atoms with Crippen LogP contribution < -0.4 is 5.32 Å². The fourth-order valence-corrected chi connectivity index (χ4v) is 2.23. The van der Waals surface area contributed by atoms with Gasteiger partial charge in [0.25, 0.3) is 5.91 Å². The lowest BCUT2D eigenvalue weighted by Crippen LogP contribution is -2.23. The molecule has 0 aliphatic rings. The molecule has 1 amide bonds. The van der Waals surface area contributed by atoms with Crippen LogP contribution in [0.4, 0.5) is 0 Å². The molecule has 4 nitrogen and oxygen atoms in total. The molecule has 0 atom stereocenters. The molecule has 106 valence electrons. The summed E-state index contributed by atoms with van der Waals surface area (Å²) in [6.45, 7) is 1.33. The molecule has 0 spiro atoms. The van der Waals surface area contributed by atoms with Crippen molar-refractivity contribution in [3.05, 3.63) is 58.0 Å². The Morgan fingerprint density at radius 2 is 1.90 bits per heavy atom. The van der Waals surface area contributed by atoms with Crippen LogP contribution in [0.15, 0.2) is 45.5 Å². The lowest BCUT2D eigenvalue weighted by molar-refractivity contribution is 0.0922. The van der Waals surface area contributed by atoms with E-state index in [-0.39, 0.29) is 5.91 Å². The van der Waals surface area contributed by atoms with E-state index >= 15 is 0 Å². The van der Waals surface area contributed by atoms with Crippen LogP contribution in [-0.2, 0) is 13.1 Å². The van der Waals surface area contributed by atoms with Crippen molar-refractivity contribution in [2.45, 2.75) is 13.1 Å². The van der Waals surface area contributed by atoms with Crippen LogP contribution >= 0.6 is 15.9 Å². The van der Waals surface area contributed by atoms with Crippen molar-refractivity contribution >= 4 is 21.8 Å². The summed E-state index contributed by atoms with van der Waals surface area (Å²) < 4.78 is 5.78. The van der Waals surface area contributed by atoms with Gasteiger partial charge in [0.05, 0.1) is 0 Å². The SMILES string of the molecule is CN(C)Cc1ccccc1CNC(=O)c1ccc(Br)o1. The van der Waals surface area contributed by atoms with Crippen molar-refractivity contribution in [1.82, 2.24) is 10.2 Å². The number of amides is 1. The molecule has 20 heavy (non-hydrogen) atoms. The van der Waals surface area contributed by atoms with Gasteiger partial charge >= 0.3 is 0 Å². The smallest absolute Gasteiger partial charge is 0.287 e. The first-order valence-corrected chi connectivity index (χ1v) is 7.10. The van der Waals surface area contributed by atoms with Crippen LogP contribution in [0.1, 0.15) is 21.7 Å². The number of hydrogen-bond donors (Lipinski definition) is 1. The minimum absolute atomic E-state index is 0.213. The third-order valence-corrected chi connectivity index (χ3v) is 3.27. The summed E-state index contributed by atoms with van der Waals surface area (Å²) in [5, 5.41) is 2.87. The molecule has 0 radical (unpaired) electrons. The Morgan fingerprint density at radius 3 is 2.50 bits per heavy atom. The topological polar surface area (TPSA) is 45.5 Å². The summed E-state index contributed by atoms with van der Waals surface area (Å²) in [4.78, 5) is 14.0. The third kappa shape index (κ3) is 3.95. The van der Waals surface area contributed by atoms with E-state index in [0.717, 1.165) is 12.1 Å². The number of halogens is 1. The molecule has 1 aromatic carbocycles. The van der Waals surface area contributed by atoms with E-state index in [4.69, 9.17) is 4.42 Å². The van der Waals surface area contributed by atoms with Crippen LogP contribution in [0.2, 0.25) is 0 Å². The van der Waals surface area contributed by atoms with Gasteiger partial charge in [0.2, 0.25) is 0 Å². The molecule has 2 rings (SSSR count). The zero-order valence-electron chi connectivity index (χ0n) is 11.5. The molecule has 0 aliphatic heterocycles. The Bertz CT molecular complexity index is 593. The minimum atomic E-state index is -0.213. The van der Waals surface area contributed by atoms with Gasteiger partial charge in [0, 0.05) is 13.1 Å². The number of rotatable bonds is 5. The molecule has 0 saturated carbocycles. The lowest BCUT2D eigenvalue weighted by Gasteiger charge is -2.14. The van der Waals surface area contributed by atoms with Crippen LogP contribution in [0, 0.1) is 0 Å². The molecule has 1 aromatic heterocycles. The summed E-state index contributed by atoms with van der Waals surface area (Å²) in [6, 6.07) is 11.4.